The normalized spacial score (nSPS) is 11.5. The standard InChI is InChI=1S/C18H15F3N2O/c1-11-3-8-16-15(12(11)2)9-10-22-17(16)23-13-4-6-14(7-5-13)24-18(19,20)21/h3-10H,1-2H3,(H,22,23). The number of anilines is 2. The smallest absolute Gasteiger partial charge is 0.406 e. The molecule has 0 amide bonds. The first-order valence-corrected chi connectivity index (χ1v) is 7.31. The lowest BCUT2D eigenvalue weighted by Gasteiger charge is -2.12. The van der Waals surface area contributed by atoms with E-state index in [1.807, 2.05) is 32.0 Å². The average Bonchev–Trinajstić information content (AvgIpc) is 2.52. The van der Waals surface area contributed by atoms with Crippen molar-refractivity contribution in [3.05, 3.63) is 59.8 Å². The maximum absolute atomic E-state index is 12.2. The molecule has 0 atom stereocenters. The first kappa shape index (κ1) is 16.1. The van der Waals surface area contributed by atoms with Crippen LogP contribution in [0.15, 0.2) is 48.7 Å². The van der Waals surface area contributed by atoms with Gasteiger partial charge in [0.15, 0.2) is 0 Å². The van der Waals surface area contributed by atoms with E-state index in [0.717, 1.165) is 10.8 Å². The van der Waals surface area contributed by atoms with E-state index < -0.39 is 6.36 Å². The zero-order chi connectivity index (χ0) is 17.3. The molecule has 0 bridgehead atoms. The van der Waals surface area contributed by atoms with Crippen LogP contribution in [0.1, 0.15) is 11.1 Å². The largest absolute Gasteiger partial charge is 0.573 e. The molecule has 3 aromatic rings. The minimum Gasteiger partial charge on any atom is -0.406 e. The highest BCUT2D eigenvalue weighted by molar-refractivity contribution is 5.95. The monoisotopic (exact) mass is 332 g/mol. The van der Waals surface area contributed by atoms with E-state index in [2.05, 4.69) is 15.0 Å². The lowest BCUT2D eigenvalue weighted by atomic mass is 10.0. The Hall–Kier alpha value is -2.76. The van der Waals surface area contributed by atoms with Gasteiger partial charge in [-0.05, 0) is 60.7 Å². The van der Waals surface area contributed by atoms with Crippen LogP contribution in [0.5, 0.6) is 5.75 Å². The van der Waals surface area contributed by atoms with Crippen LogP contribution in [0.4, 0.5) is 24.7 Å². The first-order valence-electron chi connectivity index (χ1n) is 7.31. The number of fused-ring (bicyclic) bond motifs is 1. The van der Waals surface area contributed by atoms with Crippen molar-refractivity contribution in [1.29, 1.82) is 0 Å². The van der Waals surface area contributed by atoms with Gasteiger partial charge < -0.3 is 10.1 Å². The second-order valence-electron chi connectivity index (χ2n) is 5.46. The summed E-state index contributed by atoms with van der Waals surface area (Å²) in [7, 11) is 0. The van der Waals surface area contributed by atoms with Crippen LogP contribution in [0, 0.1) is 13.8 Å². The molecule has 3 nitrogen and oxygen atoms in total. The van der Waals surface area contributed by atoms with Crippen LogP contribution in [-0.4, -0.2) is 11.3 Å². The number of nitrogens with one attached hydrogen (secondary N) is 1. The fourth-order valence-corrected chi connectivity index (χ4v) is 2.49. The third kappa shape index (κ3) is 3.42. The van der Waals surface area contributed by atoms with E-state index in [1.54, 1.807) is 6.20 Å². The quantitative estimate of drug-likeness (QED) is 0.688. The van der Waals surface area contributed by atoms with Gasteiger partial charge in [-0.1, -0.05) is 12.1 Å². The van der Waals surface area contributed by atoms with E-state index in [9.17, 15) is 13.2 Å². The fraction of sp³-hybridized carbons (Fsp3) is 0.167. The summed E-state index contributed by atoms with van der Waals surface area (Å²) in [6, 6.07) is 11.5. The molecule has 0 saturated carbocycles. The number of aromatic nitrogens is 1. The topological polar surface area (TPSA) is 34.1 Å². The highest BCUT2D eigenvalue weighted by Crippen LogP contribution is 2.29. The molecule has 3 rings (SSSR count). The number of rotatable bonds is 3. The predicted molar refractivity (Wildman–Crippen MR) is 87.6 cm³/mol. The summed E-state index contributed by atoms with van der Waals surface area (Å²) in [5, 5.41) is 5.18. The molecule has 0 saturated heterocycles. The van der Waals surface area contributed by atoms with E-state index in [1.165, 1.54) is 35.4 Å². The molecule has 124 valence electrons. The van der Waals surface area contributed by atoms with Crippen LogP contribution in [0.25, 0.3) is 10.8 Å². The molecule has 6 heteroatoms. The number of alkyl halides is 3. The Morgan fingerprint density at radius 3 is 2.29 bits per heavy atom. The number of ether oxygens (including phenoxy) is 1. The Morgan fingerprint density at radius 2 is 1.62 bits per heavy atom. The van der Waals surface area contributed by atoms with Gasteiger partial charge >= 0.3 is 6.36 Å². The number of pyridine rings is 1. The summed E-state index contributed by atoms with van der Waals surface area (Å²) in [6.45, 7) is 4.09. The summed E-state index contributed by atoms with van der Waals surface area (Å²) in [5.74, 6) is 0.394. The van der Waals surface area contributed by atoms with Crippen molar-refractivity contribution in [3.8, 4) is 5.75 Å². The van der Waals surface area contributed by atoms with E-state index in [-0.39, 0.29) is 5.75 Å². The highest BCUT2D eigenvalue weighted by Gasteiger charge is 2.30. The summed E-state index contributed by atoms with van der Waals surface area (Å²) < 4.78 is 40.4. The highest BCUT2D eigenvalue weighted by atomic mass is 19.4. The second kappa shape index (κ2) is 6.03. The van der Waals surface area contributed by atoms with Crippen molar-refractivity contribution >= 4 is 22.3 Å². The first-order chi connectivity index (χ1) is 11.3. The molecule has 1 heterocycles. The van der Waals surface area contributed by atoms with Crippen LogP contribution in [0.2, 0.25) is 0 Å². The molecule has 1 N–H and O–H groups in total. The molecule has 0 aliphatic carbocycles. The van der Waals surface area contributed by atoms with Gasteiger partial charge in [-0.25, -0.2) is 4.98 Å². The van der Waals surface area contributed by atoms with Crippen molar-refractivity contribution in [2.24, 2.45) is 0 Å². The van der Waals surface area contributed by atoms with Gasteiger partial charge in [0.2, 0.25) is 0 Å². The molecule has 2 aromatic carbocycles. The molecule has 0 aliphatic heterocycles. The summed E-state index contributed by atoms with van der Waals surface area (Å²) in [6.07, 6.45) is -2.99. The van der Waals surface area contributed by atoms with Gasteiger partial charge in [0.05, 0.1) is 0 Å². The van der Waals surface area contributed by atoms with E-state index in [4.69, 9.17) is 0 Å². The number of hydrogen-bond donors (Lipinski definition) is 1. The number of aryl methyl sites for hydroxylation is 2. The van der Waals surface area contributed by atoms with Crippen LogP contribution in [-0.2, 0) is 0 Å². The third-order valence-corrected chi connectivity index (χ3v) is 3.84. The van der Waals surface area contributed by atoms with Gasteiger partial charge in [0.25, 0.3) is 0 Å². The molecular formula is C18H15F3N2O. The lowest BCUT2D eigenvalue weighted by Crippen LogP contribution is -2.16. The molecular weight excluding hydrogens is 317 g/mol. The van der Waals surface area contributed by atoms with Crippen LogP contribution >= 0.6 is 0 Å². The molecule has 24 heavy (non-hydrogen) atoms. The zero-order valence-electron chi connectivity index (χ0n) is 13.1. The molecule has 0 unspecified atom stereocenters. The number of hydrogen-bond acceptors (Lipinski definition) is 3. The van der Waals surface area contributed by atoms with Gasteiger partial charge in [-0.2, -0.15) is 0 Å². The van der Waals surface area contributed by atoms with Gasteiger partial charge in [-0.3, -0.25) is 0 Å². The van der Waals surface area contributed by atoms with Gasteiger partial charge in [0, 0.05) is 17.3 Å². The lowest BCUT2D eigenvalue weighted by molar-refractivity contribution is -0.274. The van der Waals surface area contributed by atoms with Crippen LogP contribution < -0.4 is 10.1 Å². The van der Waals surface area contributed by atoms with Crippen molar-refractivity contribution in [2.45, 2.75) is 20.2 Å². The number of benzene rings is 2. The average molecular weight is 332 g/mol. The number of nitrogens with zero attached hydrogens (tertiary/aromatic N) is 1. The Bertz CT molecular complexity index is 874. The van der Waals surface area contributed by atoms with Crippen LogP contribution in [0.3, 0.4) is 0 Å². The molecule has 0 radical (unpaired) electrons. The van der Waals surface area contributed by atoms with Crippen molar-refractivity contribution in [3.63, 3.8) is 0 Å². The Kier molecular flexibility index (Phi) is 4.05. The maximum atomic E-state index is 12.2. The van der Waals surface area contributed by atoms with E-state index >= 15 is 0 Å². The summed E-state index contributed by atoms with van der Waals surface area (Å²) >= 11 is 0. The predicted octanol–water partition coefficient (Wildman–Crippen LogP) is 5.49. The SMILES string of the molecule is Cc1ccc2c(Nc3ccc(OC(F)(F)F)cc3)nccc2c1C. The maximum Gasteiger partial charge on any atom is 0.573 e. The van der Waals surface area contributed by atoms with Crippen molar-refractivity contribution in [2.75, 3.05) is 5.32 Å². The minimum absolute atomic E-state index is 0.259. The molecule has 0 spiro atoms. The summed E-state index contributed by atoms with van der Waals surface area (Å²) in [4.78, 5) is 4.33. The molecule has 0 fully saturated rings. The fourth-order valence-electron chi connectivity index (χ4n) is 2.49. The zero-order valence-corrected chi connectivity index (χ0v) is 13.1. The third-order valence-electron chi connectivity index (χ3n) is 3.84. The Balaban J connectivity index is 1.89. The van der Waals surface area contributed by atoms with Crippen molar-refractivity contribution in [1.82, 2.24) is 4.98 Å². The second-order valence-corrected chi connectivity index (χ2v) is 5.46. The van der Waals surface area contributed by atoms with Gasteiger partial charge in [-0.15, -0.1) is 13.2 Å². The summed E-state index contributed by atoms with van der Waals surface area (Å²) in [5.41, 5.74) is 2.99. The molecule has 0 aliphatic rings. The molecule has 1 aromatic heterocycles. The van der Waals surface area contributed by atoms with E-state index in [0.29, 0.717) is 11.5 Å². The Morgan fingerprint density at radius 1 is 0.917 bits per heavy atom. The van der Waals surface area contributed by atoms with Crippen molar-refractivity contribution < 1.29 is 17.9 Å². The van der Waals surface area contributed by atoms with Gasteiger partial charge in [0.1, 0.15) is 11.6 Å². The minimum atomic E-state index is -4.69. The Labute approximate surface area is 137 Å². The number of halogens is 3.